The molecule has 156 valence electrons. The van der Waals surface area contributed by atoms with Gasteiger partial charge < -0.3 is 0 Å². The molecule has 0 aliphatic carbocycles. The molecule has 0 amide bonds. The third kappa shape index (κ3) is 5.62. The zero-order valence-corrected chi connectivity index (χ0v) is 17.9. The molecule has 0 aliphatic rings. The summed E-state index contributed by atoms with van der Waals surface area (Å²) in [5.41, 5.74) is 0.536. The van der Waals surface area contributed by atoms with E-state index in [2.05, 4.69) is 29.1 Å². The molecule has 0 aromatic heterocycles. The molecule has 3 aromatic rings. The smallest absolute Gasteiger partial charge is 0.153 e. The molecule has 0 bridgehead atoms. The first-order valence-electron chi connectivity index (χ1n) is 9.24. The molecule has 7 heteroatoms. The van der Waals surface area contributed by atoms with Crippen molar-refractivity contribution in [2.75, 3.05) is 5.75 Å². The number of benzene rings is 3. The first-order valence-corrected chi connectivity index (χ1v) is 10.6. The summed E-state index contributed by atoms with van der Waals surface area (Å²) in [6.45, 7) is 1.99. The van der Waals surface area contributed by atoms with Crippen LogP contribution in [0.5, 0.6) is 0 Å². The van der Waals surface area contributed by atoms with Crippen LogP contribution in [0.25, 0.3) is 11.1 Å². The lowest BCUT2D eigenvalue weighted by Crippen LogP contribution is -1.92. The second kappa shape index (κ2) is 10.4. The van der Waals surface area contributed by atoms with Crippen molar-refractivity contribution in [3.8, 4) is 23.0 Å². The Hall–Kier alpha value is -2.91. The Labute approximate surface area is 187 Å². The SMILES string of the molecule is CCCSc1cc(F)c(C#Cc2ccc(-c3cc(F)c(N=C=S)c(F)c3)cc2)c(F)c1. The van der Waals surface area contributed by atoms with Gasteiger partial charge in [-0.25, -0.2) is 17.6 Å². The normalized spacial score (nSPS) is 10.2. The Morgan fingerprint density at radius 1 is 0.839 bits per heavy atom. The van der Waals surface area contributed by atoms with Gasteiger partial charge in [-0.05, 0) is 71.9 Å². The number of isothiocyanates is 1. The van der Waals surface area contributed by atoms with E-state index in [-0.39, 0.29) is 5.56 Å². The van der Waals surface area contributed by atoms with E-state index in [1.807, 2.05) is 12.1 Å². The molecule has 0 radical (unpaired) electrons. The fourth-order valence-electron chi connectivity index (χ4n) is 2.74. The molecule has 0 heterocycles. The minimum absolute atomic E-state index is 0.301. The van der Waals surface area contributed by atoms with Crippen molar-refractivity contribution >= 4 is 34.8 Å². The van der Waals surface area contributed by atoms with Crippen molar-refractivity contribution in [3.63, 3.8) is 0 Å². The van der Waals surface area contributed by atoms with E-state index >= 15 is 0 Å². The number of hydrogen-bond donors (Lipinski definition) is 0. The Morgan fingerprint density at radius 3 is 2.00 bits per heavy atom. The Bertz CT molecular complexity index is 1170. The van der Waals surface area contributed by atoms with Crippen molar-refractivity contribution in [1.29, 1.82) is 0 Å². The number of nitrogens with zero attached hydrogens (tertiary/aromatic N) is 1. The predicted octanol–water partition coefficient (Wildman–Crippen LogP) is 7.55. The highest BCUT2D eigenvalue weighted by molar-refractivity contribution is 7.99. The molecule has 3 rings (SSSR count). The van der Waals surface area contributed by atoms with Crippen LogP contribution in [0.3, 0.4) is 0 Å². The summed E-state index contributed by atoms with van der Waals surface area (Å²) >= 11 is 5.76. The number of rotatable bonds is 5. The maximum atomic E-state index is 14.2. The van der Waals surface area contributed by atoms with Crippen molar-refractivity contribution in [2.45, 2.75) is 18.2 Å². The highest BCUT2D eigenvalue weighted by Crippen LogP contribution is 2.29. The Morgan fingerprint density at radius 2 is 1.45 bits per heavy atom. The number of thiocarbonyl (C=S) groups is 1. The zero-order valence-electron chi connectivity index (χ0n) is 16.3. The average Bonchev–Trinajstić information content (AvgIpc) is 2.74. The van der Waals surface area contributed by atoms with E-state index in [4.69, 9.17) is 0 Å². The number of halogens is 4. The average molecular weight is 458 g/mol. The van der Waals surface area contributed by atoms with Gasteiger partial charge in [0.25, 0.3) is 0 Å². The first-order chi connectivity index (χ1) is 14.9. The van der Waals surface area contributed by atoms with Crippen LogP contribution in [0, 0.1) is 35.1 Å². The van der Waals surface area contributed by atoms with E-state index in [0.717, 1.165) is 24.3 Å². The Balaban J connectivity index is 1.85. The molecule has 0 N–H and O–H groups in total. The number of thioether (sulfide) groups is 1. The van der Waals surface area contributed by atoms with Crippen molar-refractivity contribution in [2.24, 2.45) is 4.99 Å². The van der Waals surface area contributed by atoms with E-state index in [1.165, 1.54) is 23.9 Å². The summed E-state index contributed by atoms with van der Waals surface area (Å²) in [5, 5.41) is 1.94. The molecule has 31 heavy (non-hydrogen) atoms. The van der Waals surface area contributed by atoms with E-state index in [9.17, 15) is 17.6 Å². The lowest BCUT2D eigenvalue weighted by atomic mass is 10.0. The van der Waals surface area contributed by atoms with Gasteiger partial charge in [0.2, 0.25) is 0 Å². The third-order valence-corrected chi connectivity index (χ3v) is 5.49. The lowest BCUT2D eigenvalue weighted by Gasteiger charge is -2.05. The minimum Gasteiger partial charge on any atom is -0.205 e. The van der Waals surface area contributed by atoms with Gasteiger partial charge in [0, 0.05) is 10.5 Å². The van der Waals surface area contributed by atoms with Gasteiger partial charge in [0.05, 0.1) is 10.7 Å². The molecule has 0 saturated heterocycles. The fourth-order valence-corrected chi connectivity index (χ4v) is 3.64. The minimum atomic E-state index is -0.859. The van der Waals surface area contributed by atoms with Gasteiger partial charge in [0.1, 0.15) is 17.3 Å². The summed E-state index contributed by atoms with van der Waals surface area (Å²) in [6, 6.07) is 11.2. The zero-order chi connectivity index (χ0) is 22.4. The first kappa shape index (κ1) is 22.8. The second-order valence-electron chi connectivity index (χ2n) is 6.43. The summed E-state index contributed by atoms with van der Waals surface area (Å²) in [6.07, 6.45) is 0.899. The van der Waals surface area contributed by atoms with Crippen LogP contribution >= 0.6 is 24.0 Å². The molecule has 0 aliphatic heterocycles. The van der Waals surface area contributed by atoms with Crippen molar-refractivity contribution in [3.05, 3.63) is 82.9 Å². The topological polar surface area (TPSA) is 12.4 Å². The molecule has 0 atom stereocenters. The van der Waals surface area contributed by atoms with E-state index in [0.29, 0.717) is 21.6 Å². The molecular weight excluding hydrogens is 442 g/mol. The maximum Gasteiger partial charge on any atom is 0.153 e. The fraction of sp³-hybridized carbons (Fsp3) is 0.125. The van der Waals surface area contributed by atoms with Crippen LogP contribution in [0.15, 0.2) is 58.4 Å². The van der Waals surface area contributed by atoms with Crippen LogP contribution in [0.1, 0.15) is 24.5 Å². The van der Waals surface area contributed by atoms with Gasteiger partial charge in [-0.15, -0.1) is 11.8 Å². The molecule has 1 nitrogen and oxygen atoms in total. The second-order valence-corrected chi connectivity index (χ2v) is 7.78. The van der Waals surface area contributed by atoms with Crippen LogP contribution < -0.4 is 0 Å². The molecule has 0 fully saturated rings. The monoisotopic (exact) mass is 457 g/mol. The summed E-state index contributed by atoms with van der Waals surface area (Å²) in [7, 11) is 0. The highest BCUT2D eigenvalue weighted by Gasteiger charge is 2.12. The third-order valence-electron chi connectivity index (χ3n) is 4.21. The number of hydrogen-bond acceptors (Lipinski definition) is 3. The van der Waals surface area contributed by atoms with E-state index in [1.54, 1.807) is 24.3 Å². The molecular formula is C24H15F4NS2. The standard InChI is InChI=1S/C24H15F4NS2/c1-2-9-31-18-12-20(25)19(21(26)13-18)8-5-15-3-6-16(7-4-15)17-10-22(27)24(29-14-30)23(28)11-17/h3-4,6-7,10-13H,2,9H2,1H3. The van der Waals surface area contributed by atoms with Crippen LogP contribution in [-0.4, -0.2) is 10.9 Å². The van der Waals surface area contributed by atoms with Gasteiger partial charge in [-0.3, -0.25) is 0 Å². The maximum absolute atomic E-state index is 14.2. The van der Waals surface area contributed by atoms with Gasteiger partial charge >= 0.3 is 0 Å². The largest absolute Gasteiger partial charge is 0.205 e. The lowest BCUT2D eigenvalue weighted by molar-refractivity contribution is 0.571. The van der Waals surface area contributed by atoms with E-state index < -0.39 is 29.0 Å². The molecule has 0 unspecified atom stereocenters. The summed E-state index contributed by atoms with van der Waals surface area (Å²) < 4.78 is 56.5. The van der Waals surface area contributed by atoms with Crippen molar-refractivity contribution < 1.29 is 17.6 Å². The number of aliphatic imine (C=N–C) groups is 1. The van der Waals surface area contributed by atoms with Crippen LogP contribution in [0.4, 0.5) is 23.2 Å². The molecule has 3 aromatic carbocycles. The predicted molar refractivity (Wildman–Crippen MR) is 120 cm³/mol. The summed E-state index contributed by atoms with van der Waals surface area (Å²) in [5.74, 6) is 2.86. The van der Waals surface area contributed by atoms with Crippen molar-refractivity contribution in [1.82, 2.24) is 0 Å². The van der Waals surface area contributed by atoms with Gasteiger partial charge in [-0.2, -0.15) is 4.99 Å². The quantitative estimate of drug-likeness (QED) is 0.129. The van der Waals surface area contributed by atoms with Crippen LogP contribution in [-0.2, 0) is 0 Å². The van der Waals surface area contributed by atoms with Gasteiger partial charge in [-0.1, -0.05) is 30.9 Å². The molecule has 0 spiro atoms. The summed E-state index contributed by atoms with van der Waals surface area (Å²) in [4.78, 5) is 3.90. The van der Waals surface area contributed by atoms with Crippen LogP contribution in [0.2, 0.25) is 0 Å². The Kier molecular flexibility index (Phi) is 7.64. The molecule has 0 saturated carbocycles. The van der Waals surface area contributed by atoms with Gasteiger partial charge in [0.15, 0.2) is 11.6 Å². The highest BCUT2D eigenvalue weighted by atomic mass is 32.2.